The lowest BCUT2D eigenvalue weighted by Crippen LogP contribution is -2.13. The first kappa shape index (κ1) is 20.6. The van der Waals surface area contributed by atoms with Gasteiger partial charge in [0.25, 0.3) is 0 Å². The van der Waals surface area contributed by atoms with Crippen LogP contribution < -0.4 is 0 Å². The van der Waals surface area contributed by atoms with Crippen molar-refractivity contribution in [1.29, 1.82) is 0 Å². The van der Waals surface area contributed by atoms with Gasteiger partial charge in [-0.3, -0.25) is 0 Å². The van der Waals surface area contributed by atoms with Gasteiger partial charge in [-0.25, -0.2) is 9.67 Å². The van der Waals surface area contributed by atoms with Crippen LogP contribution >= 0.6 is 0 Å². The number of aryl methyl sites for hydroxylation is 1. The Morgan fingerprint density at radius 3 is 2.10 bits per heavy atom. The molecule has 5 nitrogen and oxygen atoms in total. The van der Waals surface area contributed by atoms with E-state index in [2.05, 4.69) is 22.8 Å². The summed E-state index contributed by atoms with van der Waals surface area (Å²) in [5.74, 6) is 4.00. The van der Waals surface area contributed by atoms with Crippen molar-refractivity contribution in [3.63, 3.8) is 0 Å². The van der Waals surface area contributed by atoms with Crippen molar-refractivity contribution < 1.29 is 4.52 Å². The maximum absolute atomic E-state index is 5.76. The van der Waals surface area contributed by atoms with Gasteiger partial charge in [0.1, 0.15) is 11.6 Å². The van der Waals surface area contributed by atoms with Crippen LogP contribution in [0.2, 0.25) is 0 Å². The fourth-order valence-corrected chi connectivity index (χ4v) is 5.17. The number of rotatable bonds is 4. The predicted molar refractivity (Wildman–Crippen MR) is 116 cm³/mol. The van der Waals surface area contributed by atoms with E-state index in [1.807, 2.05) is 0 Å². The van der Waals surface area contributed by atoms with E-state index in [1.165, 1.54) is 96.3 Å². The van der Waals surface area contributed by atoms with Crippen LogP contribution in [0.15, 0.2) is 10.6 Å². The van der Waals surface area contributed by atoms with Crippen LogP contribution in [0.5, 0.6) is 0 Å². The van der Waals surface area contributed by atoms with Crippen LogP contribution in [-0.2, 0) is 6.54 Å². The first-order chi connectivity index (χ1) is 14.3. The van der Waals surface area contributed by atoms with Crippen LogP contribution in [0.1, 0.15) is 114 Å². The summed E-state index contributed by atoms with van der Waals surface area (Å²) in [6, 6.07) is 2.10. The molecule has 0 atom stereocenters. The molecule has 0 aliphatic heterocycles. The number of aromatic nitrogens is 4. The molecule has 2 aliphatic rings. The second kappa shape index (κ2) is 10.4. The third-order valence-electron chi connectivity index (χ3n) is 7.03. The molecule has 0 radical (unpaired) electrons. The molecule has 0 aromatic carbocycles. The molecule has 2 aromatic rings. The number of hydrogen-bond acceptors (Lipinski definition) is 4. The maximum atomic E-state index is 5.76. The Bertz CT molecular complexity index is 732. The predicted octanol–water partition coefficient (Wildman–Crippen LogP) is 6.82. The minimum Gasteiger partial charge on any atom is -0.360 e. The standard InChI is InChI=1S/C24H38N4O/c1-19-25-24(26-28(19)18-20-13-9-5-2-3-6-10-14-20)22-17-23(29-27-22)21-15-11-7-4-8-12-16-21/h17,20-21H,2-16,18H2,1H3. The first-order valence-electron chi connectivity index (χ1n) is 12.2. The summed E-state index contributed by atoms with van der Waals surface area (Å²) in [7, 11) is 0. The topological polar surface area (TPSA) is 56.7 Å². The summed E-state index contributed by atoms with van der Waals surface area (Å²) >= 11 is 0. The molecular formula is C24H38N4O. The lowest BCUT2D eigenvalue weighted by molar-refractivity contribution is 0.331. The van der Waals surface area contributed by atoms with Gasteiger partial charge in [-0.15, -0.1) is 5.10 Å². The van der Waals surface area contributed by atoms with Crippen LogP contribution in [0.3, 0.4) is 0 Å². The van der Waals surface area contributed by atoms with E-state index in [9.17, 15) is 0 Å². The number of hydrogen-bond donors (Lipinski definition) is 0. The number of nitrogens with zero attached hydrogens (tertiary/aromatic N) is 4. The molecular weight excluding hydrogens is 360 g/mol. The summed E-state index contributed by atoms with van der Waals surface area (Å²) in [5.41, 5.74) is 0.804. The molecule has 2 saturated carbocycles. The Labute approximate surface area is 175 Å². The Kier molecular flexibility index (Phi) is 7.39. The third-order valence-corrected chi connectivity index (χ3v) is 7.03. The van der Waals surface area contributed by atoms with E-state index in [1.54, 1.807) is 0 Å². The molecule has 4 rings (SSSR count). The first-order valence-corrected chi connectivity index (χ1v) is 12.2. The van der Waals surface area contributed by atoms with Gasteiger partial charge < -0.3 is 4.52 Å². The highest BCUT2D eigenvalue weighted by Gasteiger charge is 2.21. The summed E-state index contributed by atoms with van der Waals surface area (Å²) in [6.45, 7) is 3.06. The summed E-state index contributed by atoms with van der Waals surface area (Å²) in [4.78, 5) is 4.73. The molecule has 2 aromatic heterocycles. The van der Waals surface area contributed by atoms with Crippen LogP contribution in [-0.4, -0.2) is 19.9 Å². The van der Waals surface area contributed by atoms with Crippen molar-refractivity contribution in [3.8, 4) is 11.5 Å². The Morgan fingerprint density at radius 2 is 1.45 bits per heavy atom. The van der Waals surface area contributed by atoms with Crippen molar-refractivity contribution in [2.45, 2.75) is 116 Å². The van der Waals surface area contributed by atoms with Gasteiger partial charge in [0.2, 0.25) is 5.82 Å². The van der Waals surface area contributed by atoms with E-state index >= 15 is 0 Å². The lowest BCUT2D eigenvalue weighted by Gasteiger charge is -2.16. The molecule has 160 valence electrons. The molecule has 0 N–H and O–H groups in total. The zero-order valence-electron chi connectivity index (χ0n) is 18.2. The van der Waals surface area contributed by atoms with Crippen molar-refractivity contribution >= 4 is 0 Å². The van der Waals surface area contributed by atoms with Crippen LogP contribution in [0.4, 0.5) is 0 Å². The molecule has 2 fully saturated rings. The van der Waals surface area contributed by atoms with E-state index in [4.69, 9.17) is 14.6 Å². The zero-order valence-corrected chi connectivity index (χ0v) is 18.2. The molecule has 0 spiro atoms. The highest BCUT2D eigenvalue weighted by Crippen LogP contribution is 2.32. The second-order valence-corrected chi connectivity index (χ2v) is 9.39. The van der Waals surface area contributed by atoms with Gasteiger partial charge >= 0.3 is 0 Å². The van der Waals surface area contributed by atoms with Gasteiger partial charge in [0, 0.05) is 18.5 Å². The van der Waals surface area contributed by atoms with Gasteiger partial charge in [0.15, 0.2) is 5.69 Å². The van der Waals surface area contributed by atoms with Crippen molar-refractivity contribution in [2.24, 2.45) is 5.92 Å². The molecule has 0 unspecified atom stereocenters. The minimum absolute atomic E-state index is 0.513. The normalized spacial score (nSPS) is 21.1. The average Bonchev–Trinajstić information content (AvgIpc) is 3.32. The van der Waals surface area contributed by atoms with Crippen molar-refractivity contribution in [3.05, 3.63) is 17.7 Å². The average molecular weight is 399 g/mol. The molecule has 2 aliphatic carbocycles. The van der Waals surface area contributed by atoms with E-state index in [0.717, 1.165) is 35.6 Å². The second-order valence-electron chi connectivity index (χ2n) is 9.39. The summed E-state index contributed by atoms with van der Waals surface area (Å²) in [6.07, 6.45) is 20.1. The maximum Gasteiger partial charge on any atom is 0.203 e. The monoisotopic (exact) mass is 398 g/mol. The van der Waals surface area contributed by atoms with Gasteiger partial charge in [-0.05, 0) is 38.5 Å². The summed E-state index contributed by atoms with van der Waals surface area (Å²) < 4.78 is 7.87. The smallest absolute Gasteiger partial charge is 0.203 e. The highest BCUT2D eigenvalue weighted by molar-refractivity contribution is 5.48. The Morgan fingerprint density at radius 1 is 0.862 bits per heavy atom. The van der Waals surface area contributed by atoms with Gasteiger partial charge in [0.05, 0.1) is 0 Å². The van der Waals surface area contributed by atoms with Crippen molar-refractivity contribution in [1.82, 2.24) is 19.9 Å². The van der Waals surface area contributed by atoms with Crippen LogP contribution in [0.25, 0.3) is 11.5 Å². The molecule has 0 bridgehead atoms. The zero-order chi connectivity index (χ0) is 19.9. The SMILES string of the molecule is Cc1nc(-c2cc(C3CCCCCCC3)on2)nn1CC1CCCCCCCC1. The quantitative estimate of drug-likeness (QED) is 0.567. The van der Waals surface area contributed by atoms with E-state index < -0.39 is 0 Å². The van der Waals surface area contributed by atoms with E-state index in [-0.39, 0.29) is 0 Å². The van der Waals surface area contributed by atoms with Crippen LogP contribution in [0, 0.1) is 12.8 Å². The summed E-state index contributed by atoms with van der Waals surface area (Å²) in [5, 5.41) is 9.17. The third kappa shape index (κ3) is 5.70. The molecule has 29 heavy (non-hydrogen) atoms. The fourth-order valence-electron chi connectivity index (χ4n) is 5.17. The Hall–Kier alpha value is -1.65. The minimum atomic E-state index is 0.513. The molecule has 2 heterocycles. The van der Waals surface area contributed by atoms with Gasteiger partial charge in [-0.2, -0.15) is 0 Å². The molecule has 5 heteroatoms. The highest BCUT2D eigenvalue weighted by atomic mass is 16.5. The fraction of sp³-hybridized carbons (Fsp3) is 0.792. The largest absolute Gasteiger partial charge is 0.360 e. The van der Waals surface area contributed by atoms with E-state index in [0.29, 0.717) is 5.92 Å². The van der Waals surface area contributed by atoms with Gasteiger partial charge in [-0.1, -0.05) is 75.8 Å². The molecule has 0 saturated heterocycles. The lowest BCUT2D eigenvalue weighted by atomic mass is 9.89. The van der Waals surface area contributed by atoms with Crippen molar-refractivity contribution in [2.75, 3.05) is 0 Å². The molecule has 0 amide bonds. The Balaban J connectivity index is 1.42.